The van der Waals surface area contributed by atoms with E-state index in [2.05, 4.69) is 0 Å². The Balaban J connectivity index is 3.07. The number of sulfonamides is 1. The van der Waals surface area contributed by atoms with Gasteiger partial charge in [-0.05, 0) is 6.07 Å². The van der Waals surface area contributed by atoms with Crippen molar-refractivity contribution in [3.05, 3.63) is 28.8 Å². The highest BCUT2D eigenvalue weighted by Gasteiger charge is 2.16. The van der Waals surface area contributed by atoms with Gasteiger partial charge in [0.1, 0.15) is 11.5 Å². The summed E-state index contributed by atoms with van der Waals surface area (Å²) in [5, 5.41) is -0.351. The summed E-state index contributed by atoms with van der Waals surface area (Å²) in [5.41, 5.74) is -0.479. The van der Waals surface area contributed by atoms with E-state index in [9.17, 15) is 17.2 Å². The molecule has 1 rings (SSSR count). The van der Waals surface area contributed by atoms with E-state index in [0.29, 0.717) is 6.07 Å². The number of rotatable bonds is 4. The predicted molar refractivity (Wildman–Crippen MR) is 59.5 cm³/mol. The van der Waals surface area contributed by atoms with Gasteiger partial charge in [0.2, 0.25) is 10.0 Å². The van der Waals surface area contributed by atoms with Gasteiger partial charge in [0, 0.05) is 11.9 Å². The third-order valence-electron chi connectivity index (χ3n) is 1.61. The molecule has 0 heterocycles. The SMILES string of the molecule is O=S(=O)(CCCl)Nc1c(F)cc(F)cc1Cl. The predicted octanol–water partition coefficient (Wildman–Crippen LogP) is 2.60. The molecule has 0 bridgehead atoms. The van der Waals surface area contributed by atoms with E-state index in [0.717, 1.165) is 6.07 Å². The summed E-state index contributed by atoms with van der Waals surface area (Å²) in [6.45, 7) is 0. The van der Waals surface area contributed by atoms with Crippen LogP contribution in [0.15, 0.2) is 12.1 Å². The van der Waals surface area contributed by atoms with Crippen molar-refractivity contribution in [1.82, 2.24) is 0 Å². The van der Waals surface area contributed by atoms with Crippen molar-refractivity contribution >= 4 is 38.9 Å². The van der Waals surface area contributed by atoms with Crippen molar-refractivity contribution in [2.24, 2.45) is 0 Å². The van der Waals surface area contributed by atoms with Crippen molar-refractivity contribution < 1.29 is 17.2 Å². The fourth-order valence-corrected chi connectivity index (χ4v) is 2.68. The molecule has 0 atom stereocenters. The van der Waals surface area contributed by atoms with E-state index in [1.165, 1.54) is 0 Å². The summed E-state index contributed by atoms with van der Waals surface area (Å²) < 4.78 is 50.3. The van der Waals surface area contributed by atoms with Crippen LogP contribution < -0.4 is 4.72 Å². The Labute approximate surface area is 101 Å². The van der Waals surface area contributed by atoms with E-state index < -0.39 is 27.3 Å². The summed E-state index contributed by atoms with van der Waals surface area (Å²) >= 11 is 10.8. The maximum Gasteiger partial charge on any atom is 0.234 e. The van der Waals surface area contributed by atoms with Crippen LogP contribution in [0.5, 0.6) is 0 Å². The molecule has 0 fully saturated rings. The minimum absolute atomic E-state index is 0.143. The normalized spacial score (nSPS) is 11.5. The first-order chi connectivity index (χ1) is 7.35. The van der Waals surface area contributed by atoms with Gasteiger partial charge in [-0.1, -0.05) is 11.6 Å². The highest BCUT2D eigenvalue weighted by Crippen LogP contribution is 2.27. The lowest BCUT2D eigenvalue weighted by molar-refractivity contribution is 0.583. The number of halogens is 4. The molecule has 0 aliphatic rings. The van der Waals surface area contributed by atoms with Crippen molar-refractivity contribution in [2.75, 3.05) is 16.4 Å². The third-order valence-corrected chi connectivity index (χ3v) is 3.58. The fourth-order valence-electron chi connectivity index (χ4n) is 0.948. The van der Waals surface area contributed by atoms with Crippen LogP contribution in [0.25, 0.3) is 0 Å². The summed E-state index contributed by atoms with van der Waals surface area (Å²) in [4.78, 5) is 0. The van der Waals surface area contributed by atoms with Gasteiger partial charge in [-0.2, -0.15) is 0 Å². The van der Waals surface area contributed by atoms with Gasteiger partial charge in [-0.15, -0.1) is 11.6 Å². The Kier molecular flexibility index (Phi) is 4.35. The van der Waals surface area contributed by atoms with Crippen LogP contribution in [0.1, 0.15) is 0 Å². The molecule has 0 aliphatic heterocycles. The second kappa shape index (κ2) is 5.16. The van der Waals surface area contributed by atoms with Crippen molar-refractivity contribution in [3.63, 3.8) is 0 Å². The number of benzene rings is 1. The molecular formula is C8H7Cl2F2NO2S. The molecule has 16 heavy (non-hydrogen) atoms. The largest absolute Gasteiger partial charge is 0.279 e. The Morgan fingerprint density at radius 3 is 2.44 bits per heavy atom. The average Bonchev–Trinajstić information content (AvgIpc) is 2.11. The van der Waals surface area contributed by atoms with Crippen LogP contribution in [-0.2, 0) is 10.0 Å². The molecule has 0 spiro atoms. The Morgan fingerprint density at radius 1 is 1.31 bits per heavy atom. The lowest BCUT2D eigenvalue weighted by atomic mass is 10.3. The monoisotopic (exact) mass is 289 g/mol. The summed E-state index contributed by atoms with van der Waals surface area (Å²) in [6, 6.07) is 1.34. The standard InChI is InChI=1S/C8H7Cl2F2NO2S/c9-1-2-16(14,15)13-8-6(10)3-5(11)4-7(8)12/h3-4,13H,1-2H2. The second-order valence-electron chi connectivity index (χ2n) is 2.85. The zero-order chi connectivity index (χ0) is 12.3. The first kappa shape index (κ1) is 13.5. The maximum atomic E-state index is 13.2. The molecule has 0 aliphatic carbocycles. The molecule has 1 aromatic carbocycles. The van der Waals surface area contributed by atoms with Gasteiger partial charge < -0.3 is 0 Å². The third kappa shape index (κ3) is 3.47. The van der Waals surface area contributed by atoms with E-state index in [1.807, 2.05) is 4.72 Å². The smallest absolute Gasteiger partial charge is 0.234 e. The zero-order valence-electron chi connectivity index (χ0n) is 7.81. The lowest BCUT2D eigenvalue weighted by Crippen LogP contribution is -2.18. The number of hydrogen-bond donors (Lipinski definition) is 1. The molecule has 0 saturated carbocycles. The first-order valence-corrected chi connectivity index (χ1v) is 6.63. The lowest BCUT2D eigenvalue weighted by Gasteiger charge is -2.09. The number of hydrogen-bond acceptors (Lipinski definition) is 2. The van der Waals surface area contributed by atoms with Crippen LogP contribution in [0.3, 0.4) is 0 Å². The van der Waals surface area contributed by atoms with Crippen LogP contribution in [0, 0.1) is 11.6 Å². The van der Waals surface area contributed by atoms with Gasteiger partial charge in [0.15, 0.2) is 5.82 Å². The first-order valence-electron chi connectivity index (χ1n) is 4.07. The van der Waals surface area contributed by atoms with Crippen molar-refractivity contribution in [2.45, 2.75) is 0 Å². The Morgan fingerprint density at radius 2 is 1.94 bits per heavy atom. The molecule has 1 aromatic rings. The quantitative estimate of drug-likeness (QED) is 0.866. The summed E-state index contributed by atoms with van der Waals surface area (Å²) in [7, 11) is -3.77. The number of alkyl halides is 1. The van der Waals surface area contributed by atoms with Crippen molar-refractivity contribution in [1.29, 1.82) is 0 Å². The molecule has 8 heteroatoms. The number of anilines is 1. The minimum Gasteiger partial charge on any atom is -0.279 e. The molecule has 0 aromatic heterocycles. The van der Waals surface area contributed by atoms with Crippen LogP contribution in [0.4, 0.5) is 14.5 Å². The van der Waals surface area contributed by atoms with Gasteiger partial charge in [0.25, 0.3) is 0 Å². The van der Waals surface area contributed by atoms with E-state index in [1.54, 1.807) is 0 Å². The topological polar surface area (TPSA) is 46.2 Å². The average molecular weight is 290 g/mol. The Hall–Kier alpha value is -0.590. The number of nitrogens with one attached hydrogen (secondary N) is 1. The second-order valence-corrected chi connectivity index (χ2v) is 5.48. The van der Waals surface area contributed by atoms with Crippen molar-refractivity contribution in [3.8, 4) is 0 Å². The maximum absolute atomic E-state index is 13.2. The molecular weight excluding hydrogens is 283 g/mol. The molecule has 0 amide bonds. The van der Waals surface area contributed by atoms with Gasteiger partial charge in [-0.3, -0.25) is 4.72 Å². The highest BCUT2D eigenvalue weighted by atomic mass is 35.5. The summed E-state index contributed by atoms with van der Waals surface area (Å²) in [5.74, 6) is -2.50. The molecule has 0 unspecified atom stereocenters. The van der Waals surface area contributed by atoms with Gasteiger partial charge in [-0.25, -0.2) is 17.2 Å². The molecule has 0 saturated heterocycles. The van der Waals surface area contributed by atoms with Gasteiger partial charge >= 0.3 is 0 Å². The zero-order valence-corrected chi connectivity index (χ0v) is 10.1. The molecule has 0 radical (unpaired) electrons. The Bertz CT molecular complexity index is 470. The van der Waals surface area contributed by atoms with Gasteiger partial charge in [0.05, 0.1) is 10.8 Å². The van der Waals surface area contributed by atoms with E-state index in [4.69, 9.17) is 23.2 Å². The highest BCUT2D eigenvalue weighted by molar-refractivity contribution is 7.92. The van der Waals surface area contributed by atoms with Crippen LogP contribution >= 0.6 is 23.2 Å². The molecule has 90 valence electrons. The van der Waals surface area contributed by atoms with E-state index in [-0.39, 0.29) is 16.7 Å². The summed E-state index contributed by atoms with van der Waals surface area (Å²) in [6.07, 6.45) is 0. The van der Waals surface area contributed by atoms with Crippen LogP contribution in [-0.4, -0.2) is 20.1 Å². The minimum atomic E-state index is -3.77. The molecule has 3 nitrogen and oxygen atoms in total. The van der Waals surface area contributed by atoms with E-state index >= 15 is 0 Å². The fraction of sp³-hybridized carbons (Fsp3) is 0.250. The van der Waals surface area contributed by atoms with Crippen LogP contribution in [0.2, 0.25) is 5.02 Å². The molecule has 1 N–H and O–H groups in total.